The zero-order valence-corrected chi connectivity index (χ0v) is 19.9. The molecule has 0 radical (unpaired) electrons. The van der Waals surface area contributed by atoms with Crippen LogP contribution in [0.1, 0.15) is 39.2 Å². The van der Waals surface area contributed by atoms with E-state index in [9.17, 15) is 0 Å². The van der Waals surface area contributed by atoms with Gasteiger partial charge >= 0.3 is 0 Å². The number of aromatic nitrogens is 2. The number of methoxy groups -OCH3 is 1. The van der Waals surface area contributed by atoms with Crippen molar-refractivity contribution in [2.75, 3.05) is 53.0 Å². The second-order valence-electron chi connectivity index (χ2n) is 7.81. The minimum Gasteiger partial charge on any atom is -0.383 e. The standard InChI is InChI=1S/C20H36N6O.HI/c1-4-22-20(23-14-18-6-5-9-24(18)12-13-27-3)25-10-7-17(2)19(15-25)26-11-8-21-16-26;/h8,11,16-19H,4-7,9-10,12-15H2,1-3H3,(H,22,23);1H. The number of imidazole rings is 1. The molecule has 0 spiro atoms. The van der Waals surface area contributed by atoms with Crippen LogP contribution in [-0.2, 0) is 4.74 Å². The number of nitrogens with zero attached hydrogens (tertiary/aromatic N) is 5. The maximum atomic E-state index is 5.26. The Morgan fingerprint density at radius 2 is 2.18 bits per heavy atom. The van der Waals surface area contributed by atoms with Crippen LogP contribution < -0.4 is 5.32 Å². The van der Waals surface area contributed by atoms with Crippen molar-refractivity contribution in [2.45, 2.75) is 45.2 Å². The van der Waals surface area contributed by atoms with Crippen molar-refractivity contribution < 1.29 is 4.74 Å². The summed E-state index contributed by atoms with van der Waals surface area (Å²) in [6.07, 6.45) is 9.59. The lowest BCUT2D eigenvalue weighted by molar-refractivity contribution is 0.142. The zero-order chi connectivity index (χ0) is 19.1. The zero-order valence-electron chi connectivity index (χ0n) is 17.6. The number of aliphatic imine (C=N–C) groups is 1. The summed E-state index contributed by atoms with van der Waals surface area (Å²) >= 11 is 0. The van der Waals surface area contributed by atoms with Gasteiger partial charge in [-0.25, -0.2) is 4.98 Å². The van der Waals surface area contributed by atoms with Gasteiger partial charge in [0.2, 0.25) is 0 Å². The molecule has 8 heteroatoms. The third-order valence-electron chi connectivity index (χ3n) is 5.99. The van der Waals surface area contributed by atoms with Gasteiger partial charge in [0.05, 0.1) is 25.5 Å². The Balaban J connectivity index is 0.00000280. The van der Waals surface area contributed by atoms with Gasteiger partial charge in [-0.2, -0.15) is 0 Å². The summed E-state index contributed by atoms with van der Waals surface area (Å²) in [7, 11) is 1.78. The lowest BCUT2D eigenvalue weighted by Crippen LogP contribution is -2.49. The fourth-order valence-electron chi connectivity index (χ4n) is 4.32. The van der Waals surface area contributed by atoms with Crippen LogP contribution >= 0.6 is 24.0 Å². The summed E-state index contributed by atoms with van der Waals surface area (Å²) in [6.45, 7) is 11.3. The van der Waals surface area contributed by atoms with Gasteiger partial charge in [-0.15, -0.1) is 24.0 Å². The molecule has 2 saturated heterocycles. The lowest BCUT2D eigenvalue weighted by atomic mass is 9.93. The van der Waals surface area contributed by atoms with E-state index in [1.54, 1.807) is 7.11 Å². The number of nitrogens with one attached hydrogen (secondary N) is 1. The van der Waals surface area contributed by atoms with Gasteiger partial charge in [-0.1, -0.05) is 6.92 Å². The van der Waals surface area contributed by atoms with Crippen molar-refractivity contribution in [3.05, 3.63) is 18.7 Å². The molecule has 0 aromatic carbocycles. The highest BCUT2D eigenvalue weighted by Crippen LogP contribution is 2.27. The van der Waals surface area contributed by atoms with E-state index >= 15 is 0 Å². The summed E-state index contributed by atoms with van der Waals surface area (Å²) in [5.41, 5.74) is 0. The molecule has 3 heterocycles. The molecule has 0 amide bonds. The highest BCUT2D eigenvalue weighted by Gasteiger charge is 2.29. The number of hydrogen-bond donors (Lipinski definition) is 1. The van der Waals surface area contributed by atoms with Crippen molar-refractivity contribution in [3.63, 3.8) is 0 Å². The third kappa shape index (κ3) is 6.06. The first-order valence-electron chi connectivity index (χ1n) is 10.5. The average Bonchev–Trinajstić information content (AvgIpc) is 3.36. The molecule has 2 aliphatic heterocycles. The van der Waals surface area contributed by atoms with Crippen LogP contribution in [0.4, 0.5) is 0 Å². The first-order chi connectivity index (χ1) is 13.2. The van der Waals surface area contributed by atoms with Crippen LogP contribution in [0.25, 0.3) is 0 Å². The molecule has 3 rings (SSSR count). The molecule has 3 unspecified atom stereocenters. The molecule has 0 saturated carbocycles. The first kappa shape index (κ1) is 23.4. The fourth-order valence-corrected chi connectivity index (χ4v) is 4.32. The topological polar surface area (TPSA) is 57.9 Å². The van der Waals surface area contributed by atoms with Gasteiger partial charge in [-0.05, 0) is 38.6 Å². The Morgan fingerprint density at radius 1 is 1.32 bits per heavy atom. The van der Waals surface area contributed by atoms with E-state index in [4.69, 9.17) is 9.73 Å². The summed E-state index contributed by atoms with van der Waals surface area (Å²) in [6, 6.07) is 0.997. The molecular formula is C20H37IN6O. The van der Waals surface area contributed by atoms with Gasteiger partial charge in [0.25, 0.3) is 0 Å². The molecule has 1 N–H and O–H groups in total. The summed E-state index contributed by atoms with van der Waals surface area (Å²) in [5.74, 6) is 1.71. The van der Waals surface area contributed by atoms with Crippen molar-refractivity contribution in [3.8, 4) is 0 Å². The molecule has 7 nitrogen and oxygen atoms in total. The molecular weight excluding hydrogens is 467 g/mol. The van der Waals surface area contributed by atoms with E-state index in [1.807, 2.05) is 12.5 Å². The number of hydrogen-bond acceptors (Lipinski definition) is 4. The normalized spacial score (nSPS) is 26.3. The van der Waals surface area contributed by atoms with Gasteiger partial charge in [0.15, 0.2) is 5.96 Å². The number of ether oxygens (including phenoxy) is 1. The van der Waals surface area contributed by atoms with Gasteiger partial charge < -0.3 is 19.5 Å². The Hall–Kier alpha value is -0.870. The molecule has 2 aliphatic rings. The van der Waals surface area contributed by atoms with Gasteiger partial charge in [0.1, 0.15) is 0 Å². The van der Waals surface area contributed by atoms with Gasteiger partial charge in [-0.3, -0.25) is 9.89 Å². The lowest BCUT2D eigenvalue weighted by Gasteiger charge is -2.39. The van der Waals surface area contributed by atoms with E-state index in [0.29, 0.717) is 18.0 Å². The van der Waals surface area contributed by atoms with Crippen LogP contribution in [0, 0.1) is 5.92 Å². The van der Waals surface area contributed by atoms with Crippen molar-refractivity contribution in [1.82, 2.24) is 24.7 Å². The molecule has 2 fully saturated rings. The first-order valence-corrected chi connectivity index (χ1v) is 10.5. The molecule has 1 aromatic rings. The monoisotopic (exact) mass is 504 g/mol. The molecule has 0 bridgehead atoms. The van der Waals surface area contributed by atoms with Crippen LogP contribution in [0.15, 0.2) is 23.7 Å². The maximum absolute atomic E-state index is 5.26. The highest BCUT2D eigenvalue weighted by atomic mass is 127. The van der Waals surface area contributed by atoms with E-state index in [2.05, 4.69) is 44.7 Å². The van der Waals surface area contributed by atoms with E-state index < -0.39 is 0 Å². The van der Waals surface area contributed by atoms with Crippen LogP contribution in [-0.4, -0.2) is 84.3 Å². The number of likely N-dealkylation sites (tertiary alicyclic amines) is 2. The molecule has 0 aliphatic carbocycles. The third-order valence-corrected chi connectivity index (χ3v) is 5.99. The Kier molecular flexibility index (Phi) is 10.0. The van der Waals surface area contributed by atoms with Crippen molar-refractivity contribution >= 4 is 29.9 Å². The van der Waals surface area contributed by atoms with E-state index in [0.717, 1.165) is 45.3 Å². The highest BCUT2D eigenvalue weighted by molar-refractivity contribution is 14.0. The molecule has 1 aromatic heterocycles. The van der Waals surface area contributed by atoms with Gasteiger partial charge in [0, 0.05) is 51.7 Å². The molecule has 28 heavy (non-hydrogen) atoms. The second-order valence-corrected chi connectivity index (χ2v) is 7.81. The fraction of sp³-hybridized carbons (Fsp3) is 0.800. The minimum atomic E-state index is 0. The van der Waals surface area contributed by atoms with Crippen LogP contribution in [0.3, 0.4) is 0 Å². The summed E-state index contributed by atoms with van der Waals surface area (Å²) in [4.78, 5) is 14.2. The van der Waals surface area contributed by atoms with Crippen LogP contribution in [0.2, 0.25) is 0 Å². The molecule has 3 atom stereocenters. The number of halogens is 1. The number of guanidine groups is 1. The Morgan fingerprint density at radius 3 is 2.89 bits per heavy atom. The smallest absolute Gasteiger partial charge is 0.194 e. The predicted octanol–water partition coefficient (Wildman–Crippen LogP) is 2.46. The number of rotatable bonds is 7. The number of piperidine rings is 1. The predicted molar refractivity (Wildman–Crippen MR) is 124 cm³/mol. The van der Waals surface area contributed by atoms with Crippen molar-refractivity contribution in [1.29, 1.82) is 0 Å². The quantitative estimate of drug-likeness (QED) is 0.351. The second kappa shape index (κ2) is 12.0. The minimum absolute atomic E-state index is 0. The summed E-state index contributed by atoms with van der Waals surface area (Å²) < 4.78 is 7.52. The van der Waals surface area contributed by atoms with Crippen molar-refractivity contribution in [2.24, 2.45) is 10.9 Å². The van der Waals surface area contributed by atoms with Crippen LogP contribution in [0.5, 0.6) is 0 Å². The van der Waals surface area contributed by atoms with E-state index in [1.165, 1.54) is 25.8 Å². The van der Waals surface area contributed by atoms with E-state index in [-0.39, 0.29) is 24.0 Å². The maximum Gasteiger partial charge on any atom is 0.194 e. The Labute approximate surface area is 186 Å². The summed E-state index contributed by atoms with van der Waals surface area (Å²) in [5, 5.41) is 3.52. The largest absolute Gasteiger partial charge is 0.383 e. The Bertz CT molecular complexity index is 581. The SMILES string of the molecule is CCNC(=NCC1CCCN1CCOC)N1CCC(C)C(n2ccnc2)C1.I. The molecule has 160 valence electrons. The average molecular weight is 504 g/mol.